The van der Waals surface area contributed by atoms with E-state index < -0.39 is 18.1 Å². The highest BCUT2D eigenvalue weighted by Crippen LogP contribution is 2.24. The number of fused-ring (bicyclic) bond motifs is 1. The molecule has 0 spiro atoms. The number of thiazole rings is 1. The number of aromatic nitrogens is 1. The Hall–Kier alpha value is -2.32. The normalized spacial score (nSPS) is 13.4. The minimum absolute atomic E-state index is 0.119. The number of carboxylic acids is 2. The molecule has 0 saturated carbocycles. The van der Waals surface area contributed by atoms with Crippen molar-refractivity contribution < 1.29 is 19.8 Å². The Kier molecular flexibility index (Phi) is 3.77. The first-order chi connectivity index (χ1) is 9.38. The van der Waals surface area contributed by atoms with Crippen LogP contribution in [-0.4, -0.2) is 39.0 Å². The zero-order chi connectivity index (χ0) is 14.9. The van der Waals surface area contributed by atoms with Crippen LogP contribution in [0.15, 0.2) is 23.2 Å². The van der Waals surface area contributed by atoms with E-state index in [0.717, 1.165) is 11.3 Å². The Morgan fingerprint density at radius 1 is 1.40 bits per heavy atom. The van der Waals surface area contributed by atoms with Crippen molar-refractivity contribution in [2.75, 3.05) is 0 Å². The third kappa shape index (κ3) is 2.81. The molecule has 0 aliphatic rings. The maximum absolute atomic E-state index is 11.2. The summed E-state index contributed by atoms with van der Waals surface area (Å²) in [5.41, 5.74) is 5.89. The Morgan fingerprint density at radius 3 is 2.65 bits per heavy atom. The molecule has 0 aliphatic carbocycles. The van der Waals surface area contributed by atoms with Crippen molar-refractivity contribution in [2.24, 2.45) is 10.7 Å². The molecule has 1 aromatic heterocycles. The highest BCUT2D eigenvalue weighted by molar-refractivity contribution is 7.21. The number of carbonyl (C=O) groups is 2. The van der Waals surface area contributed by atoms with Gasteiger partial charge in [-0.1, -0.05) is 0 Å². The first kappa shape index (κ1) is 14.1. The Bertz CT molecular complexity index is 721. The largest absolute Gasteiger partial charge is 0.478 e. The summed E-state index contributed by atoms with van der Waals surface area (Å²) in [6.45, 7) is 1.55. The number of benzene rings is 1. The Labute approximate surface area is 117 Å². The van der Waals surface area contributed by atoms with Crippen molar-refractivity contribution in [3.8, 4) is 0 Å². The molecule has 2 aromatic rings. The third-order valence-corrected chi connectivity index (χ3v) is 3.40. The zero-order valence-electron chi connectivity index (χ0n) is 10.4. The number of hydrogen-bond donors (Lipinski definition) is 3. The molecule has 0 unspecified atom stereocenters. The lowest BCUT2D eigenvalue weighted by Crippen LogP contribution is -2.21. The number of aliphatic imine (C=N–C) groups is 1. The van der Waals surface area contributed by atoms with Gasteiger partial charge >= 0.3 is 11.9 Å². The smallest absolute Gasteiger partial charge is 0.357 e. The van der Waals surface area contributed by atoms with Crippen LogP contribution in [0.25, 0.3) is 10.2 Å². The van der Waals surface area contributed by atoms with E-state index in [9.17, 15) is 9.59 Å². The molecular weight excluding hydrogens is 282 g/mol. The average molecular weight is 293 g/mol. The van der Waals surface area contributed by atoms with Crippen molar-refractivity contribution >= 4 is 39.2 Å². The van der Waals surface area contributed by atoms with Crippen molar-refractivity contribution in [1.29, 1.82) is 0 Å². The monoisotopic (exact) mass is 293 g/mol. The van der Waals surface area contributed by atoms with E-state index in [-0.39, 0.29) is 16.3 Å². The summed E-state index contributed by atoms with van der Waals surface area (Å²) in [6.07, 6.45) is -0.664. The zero-order valence-corrected chi connectivity index (χ0v) is 11.2. The molecule has 0 radical (unpaired) electrons. The van der Waals surface area contributed by atoms with Crippen LogP contribution in [0.5, 0.6) is 0 Å². The quantitative estimate of drug-likeness (QED) is 0.726. The summed E-state index contributed by atoms with van der Waals surface area (Å²) in [5.74, 6) is -2.27. The van der Waals surface area contributed by atoms with Gasteiger partial charge in [0.25, 0.3) is 0 Å². The second kappa shape index (κ2) is 5.35. The van der Waals surface area contributed by atoms with Crippen LogP contribution in [0, 0.1) is 0 Å². The van der Waals surface area contributed by atoms with Crippen LogP contribution >= 0.6 is 11.3 Å². The van der Waals surface area contributed by atoms with Crippen molar-refractivity contribution in [3.05, 3.63) is 28.8 Å². The van der Waals surface area contributed by atoms with Crippen molar-refractivity contribution in [3.63, 3.8) is 0 Å². The van der Waals surface area contributed by atoms with Crippen molar-refractivity contribution in [2.45, 2.75) is 13.1 Å². The average Bonchev–Trinajstić information content (AvgIpc) is 2.77. The van der Waals surface area contributed by atoms with Gasteiger partial charge in [0.15, 0.2) is 5.71 Å². The topological polar surface area (TPSA) is 126 Å². The summed E-state index contributed by atoms with van der Waals surface area (Å²) < 4.78 is 0.582. The molecule has 1 aromatic carbocycles. The maximum Gasteiger partial charge on any atom is 0.357 e. The van der Waals surface area contributed by atoms with Gasteiger partial charge in [0.05, 0.1) is 21.9 Å². The van der Waals surface area contributed by atoms with E-state index in [2.05, 4.69) is 9.98 Å². The molecule has 20 heavy (non-hydrogen) atoms. The third-order valence-electron chi connectivity index (χ3n) is 2.37. The van der Waals surface area contributed by atoms with Gasteiger partial charge in [-0.3, -0.25) is 4.99 Å². The second-order valence-electron chi connectivity index (χ2n) is 4.03. The number of rotatable bonds is 4. The van der Waals surface area contributed by atoms with Gasteiger partial charge in [-0.15, -0.1) is 11.3 Å². The van der Waals surface area contributed by atoms with Gasteiger partial charge in [-0.2, -0.15) is 0 Å². The lowest BCUT2D eigenvalue weighted by atomic mass is 10.2. The van der Waals surface area contributed by atoms with E-state index >= 15 is 0 Å². The fourth-order valence-electron chi connectivity index (χ4n) is 1.56. The standard InChI is InChI=1S/C12H11N3O4S/c1-5(13)14-9(12(18)19)10-15-7-3-2-6(11(16)17)4-8(7)20-10/h2-5H,13H2,1H3,(H,16,17)(H,18,19)/t5-/m0/s1. The molecule has 1 atom stereocenters. The first-order valence-electron chi connectivity index (χ1n) is 5.59. The molecule has 4 N–H and O–H groups in total. The molecule has 1 heterocycles. The van der Waals surface area contributed by atoms with Crippen LogP contribution < -0.4 is 5.73 Å². The molecule has 8 heteroatoms. The highest BCUT2D eigenvalue weighted by Gasteiger charge is 2.18. The van der Waals surface area contributed by atoms with Crippen molar-refractivity contribution in [1.82, 2.24) is 4.98 Å². The minimum Gasteiger partial charge on any atom is -0.478 e. The summed E-state index contributed by atoms with van der Waals surface area (Å²) in [6, 6.07) is 4.39. The number of carboxylic acid groups (broad SMARTS) is 2. The van der Waals surface area contributed by atoms with Gasteiger partial charge in [0.2, 0.25) is 0 Å². The maximum atomic E-state index is 11.2. The molecular formula is C12H11N3O4S. The molecule has 0 aliphatic heterocycles. The lowest BCUT2D eigenvalue weighted by molar-refractivity contribution is -0.129. The predicted octanol–water partition coefficient (Wildman–Crippen LogP) is 1.17. The molecule has 0 bridgehead atoms. The molecule has 0 saturated heterocycles. The highest BCUT2D eigenvalue weighted by atomic mass is 32.1. The summed E-state index contributed by atoms with van der Waals surface area (Å²) >= 11 is 1.07. The molecule has 2 rings (SSSR count). The van der Waals surface area contributed by atoms with Gasteiger partial charge in [-0.25, -0.2) is 14.6 Å². The number of nitrogens with two attached hydrogens (primary N) is 1. The number of aromatic carboxylic acids is 1. The minimum atomic E-state index is -1.22. The van der Waals surface area contributed by atoms with E-state index in [1.165, 1.54) is 18.2 Å². The van der Waals surface area contributed by atoms with Crippen LogP contribution in [0.4, 0.5) is 0 Å². The lowest BCUT2D eigenvalue weighted by Gasteiger charge is -1.99. The van der Waals surface area contributed by atoms with Crippen LogP contribution in [0.2, 0.25) is 0 Å². The van der Waals surface area contributed by atoms with Crippen LogP contribution in [0.1, 0.15) is 22.3 Å². The second-order valence-corrected chi connectivity index (χ2v) is 5.06. The fourth-order valence-corrected chi connectivity index (χ4v) is 2.56. The van der Waals surface area contributed by atoms with Gasteiger partial charge in [0, 0.05) is 0 Å². The first-order valence-corrected chi connectivity index (χ1v) is 6.41. The number of hydrogen-bond acceptors (Lipinski definition) is 6. The summed E-state index contributed by atoms with van der Waals surface area (Å²) in [4.78, 5) is 30.0. The van der Waals surface area contributed by atoms with Gasteiger partial charge < -0.3 is 15.9 Å². The number of aliphatic carboxylic acids is 1. The summed E-state index contributed by atoms with van der Waals surface area (Å²) in [7, 11) is 0. The predicted molar refractivity (Wildman–Crippen MR) is 74.4 cm³/mol. The molecule has 7 nitrogen and oxygen atoms in total. The summed E-state index contributed by atoms with van der Waals surface area (Å²) in [5, 5.41) is 18.2. The fraction of sp³-hybridized carbons (Fsp3) is 0.167. The van der Waals surface area contributed by atoms with Gasteiger partial charge in [-0.05, 0) is 25.1 Å². The SMILES string of the molecule is C[C@@H](N)N=C(C(=O)O)c1nc2ccc(C(=O)O)cc2s1. The van der Waals surface area contributed by atoms with E-state index in [1.807, 2.05) is 0 Å². The van der Waals surface area contributed by atoms with E-state index in [4.69, 9.17) is 15.9 Å². The molecule has 0 fully saturated rings. The Morgan fingerprint density at radius 2 is 2.10 bits per heavy atom. The van der Waals surface area contributed by atoms with E-state index in [1.54, 1.807) is 6.92 Å². The van der Waals surface area contributed by atoms with Crippen LogP contribution in [0.3, 0.4) is 0 Å². The van der Waals surface area contributed by atoms with Crippen LogP contribution in [-0.2, 0) is 4.79 Å². The Balaban J connectivity index is 2.55. The molecule has 0 amide bonds. The van der Waals surface area contributed by atoms with E-state index in [0.29, 0.717) is 10.2 Å². The number of nitrogens with zero attached hydrogens (tertiary/aromatic N) is 2. The van der Waals surface area contributed by atoms with Gasteiger partial charge in [0.1, 0.15) is 5.01 Å². The molecule has 104 valence electrons.